The Labute approximate surface area is 156 Å². The predicted molar refractivity (Wildman–Crippen MR) is 97.2 cm³/mol. The third-order valence-electron chi connectivity index (χ3n) is 3.34. The lowest BCUT2D eigenvalue weighted by Gasteiger charge is -2.23. The van der Waals surface area contributed by atoms with Crippen LogP contribution in [0.5, 0.6) is 0 Å². The third kappa shape index (κ3) is 6.01. The number of amides is 1. The molecule has 0 aliphatic heterocycles. The maximum atomic E-state index is 13.7. The van der Waals surface area contributed by atoms with Crippen molar-refractivity contribution in [2.75, 3.05) is 0 Å². The molecule has 1 heterocycles. The standard InChI is InChI=1S/C18H24FN3O3S/c1-11(2)14(20-16(23)25-18(3,4)5)15-21-22-17(24-15)26-10-12-8-6-7-9-13(12)19/h6-9,11,14H,10H2,1-5H3,(H,20,23)/t14-/m1/s1. The molecule has 8 heteroatoms. The summed E-state index contributed by atoms with van der Waals surface area (Å²) < 4.78 is 24.6. The van der Waals surface area contributed by atoms with Crippen LogP contribution in [0, 0.1) is 11.7 Å². The minimum Gasteiger partial charge on any atom is -0.444 e. The molecule has 2 rings (SSSR count). The number of halogens is 1. The molecule has 0 bridgehead atoms. The summed E-state index contributed by atoms with van der Waals surface area (Å²) in [6.45, 7) is 9.24. The predicted octanol–water partition coefficient (Wildman–Crippen LogP) is 4.72. The number of benzene rings is 1. The van der Waals surface area contributed by atoms with Crippen molar-refractivity contribution in [3.63, 3.8) is 0 Å². The molecule has 142 valence electrons. The van der Waals surface area contributed by atoms with Gasteiger partial charge in [-0.2, -0.15) is 0 Å². The smallest absolute Gasteiger partial charge is 0.408 e. The first-order chi connectivity index (χ1) is 12.2. The minimum atomic E-state index is -0.596. The third-order valence-corrected chi connectivity index (χ3v) is 4.20. The molecule has 1 N–H and O–H groups in total. The van der Waals surface area contributed by atoms with Crippen molar-refractivity contribution >= 4 is 17.9 Å². The lowest BCUT2D eigenvalue weighted by atomic mass is 10.1. The topological polar surface area (TPSA) is 77.2 Å². The number of hydrogen-bond donors (Lipinski definition) is 1. The zero-order valence-corrected chi connectivity index (χ0v) is 16.4. The van der Waals surface area contributed by atoms with Gasteiger partial charge >= 0.3 is 6.09 Å². The summed E-state index contributed by atoms with van der Waals surface area (Å²) in [4.78, 5) is 12.0. The monoisotopic (exact) mass is 381 g/mol. The molecule has 0 spiro atoms. The van der Waals surface area contributed by atoms with Gasteiger partial charge < -0.3 is 14.5 Å². The van der Waals surface area contributed by atoms with Crippen molar-refractivity contribution in [2.45, 2.75) is 57.2 Å². The van der Waals surface area contributed by atoms with E-state index in [1.807, 2.05) is 13.8 Å². The number of aromatic nitrogens is 2. The molecule has 1 aromatic heterocycles. The first kappa shape index (κ1) is 20.2. The maximum absolute atomic E-state index is 13.7. The maximum Gasteiger partial charge on any atom is 0.408 e. The molecule has 26 heavy (non-hydrogen) atoms. The van der Waals surface area contributed by atoms with Crippen LogP contribution in [0.15, 0.2) is 33.9 Å². The average molecular weight is 381 g/mol. The number of carbonyl (C=O) groups excluding carboxylic acids is 1. The molecule has 0 saturated heterocycles. The van der Waals surface area contributed by atoms with Gasteiger partial charge in [-0.3, -0.25) is 0 Å². The van der Waals surface area contributed by atoms with Gasteiger partial charge in [-0.05, 0) is 38.3 Å². The normalized spacial score (nSPS) is 12.9. The summed E-state index contributed by atoms with van der Waals surface area (Å²) in [5.41, 5.74) is -0.0362. The summed E-state index contributed by atoms with van der Waals surface area (Å²) in [5.74, 6) is 0.417. The molecule has 0 radical (unpaired) electrons. The lowest BCUT2D eigenvalue weighted by Crippen LogP contribution is -2.37. The second-order valence-corrected chi connectivity index (χ2v) is 8.08. The first-order valence-corrected chi connectivity index (χ1v) is 9.33. The highest BCUT2D eigenvalue weighted by Gasteiger charge is 2.27. The van der Waals surface area contributed by atoms with Gasteiger partial charge in [-0.15, -0.1) is 10.2 Å². The van der Waals surface area contributed by atoms with Crippen molar-refractivity contribution in [3.8, 4) is 0 Å². The van der Waals surface area contributed by atoms with Gasteiger partial charge in [0.1, 0.15) is 17.5 Å². The highest BCUT2D eigenvalue weighted by Crippen LogP contribution is 2.27. The van der Waals surface area contributed by atoms with Crippen LogP contribution >= 0.6 is 11.8 Å². The molecule has 0 aliphatic carbocycles. The lowest BCUT2D eigenvalue weighted by molar-refractivity contribution is 0.0477. The van der Waals surface area contributed by atoms with Crippen molar-refractivity contribution < 1.29 is 18.3 Å². The van der Waals surface area contributed by atoms with Gasteiger partial charge in [-0.1, -0.05) is 43.8 Å². The molecule has 0 fully saturated rings. The second kappa shape index (κ2) is 8.53. The van der Waals surface area contributed by atoms with Gasteiger partial charge in [0, 0.05) is 5.75 Å². The number of hydrogen-bond acceptors (Lipinski definition) is 6. The van der Waals surface area contributed by atoms with Crippen molar-refractivity contribution in [1.82, 2.24) is 15.5 Å². The number of rotatable bonds is 6. The zero-order valence-electron chi connectivity index (χ0n) is 15.6. The number of ether oxygens (including phenoxy) is 1. The van der Waals surface area contributed by atoms with E-state index in [1.54, 1.807) is 39.0 Å². The van der Waals surface area contributed by atoms with Crippen LogP contribution in [0.4, 0.5) is 9.18 Å². The highest BCUT2D eigenvalue weighted by molar-refractivity contribution is 7.98. The quantitative estimate of drug-likeness (QED) is 0.730. The fourth-order valence-electron chi connectivity index (χ4n) is 2.11. The number of thioether (sulfide) groups is 1. The van der Waals surface area contributed by atoms with E-state index in [0.29, 0.717) is 22.4 Å². The minimum absolute atomic E-state index is 0.0207. The summed E-state index contributed by atoms with van der Waals surface area (Å²) in [7, 11) is 0. The SMILES string of the molecule is CC(C)[C@@H](NC(=O)OC(C)(C)C)c1nnc(SCc2ccccc2F)o1. The van der Waals surface area contributed by atoms with Gasteiger partial charge in [0.15, 0.2) is 0 Å². The van der Waals surface area contributed by atoms with Crippen LogP contribution < -0.4 is 5.32 Å². The number of carbonyl (C=O) groups is 1. The molecule has 0 unspecified atom stereocenters. The van der Waals surface area contributed by atoms with Crippen LogP contribution in [-0.4, -0.2) is 21.9 Å². The van der Waals surface area contributed by atoms with Crippen molar-refractivity contribution in [1.29, 1.82) is 0 Å². The van der Waals surface area contributed by atoms with Gasteiger partial charge in [0.05, 0.1) is 0 Å². The van der Waals surface area contributed by atoms with E-state index in [9.17, 15) is 9.18 Å². The average Bonchev–Trinajstić information content (AvgIpc) is 2.98. The molecule has 1 atom stereocenters. The molecule has 1 aromatic carbocycles. The van der Waals surface area contributed by atoms with Gasteiger partial charge in [0.2, 0.25) is 5.89 Å². The van der Waals surface area contributed by atoms with E-state index in [1.165, 1.54) is 17.8 Å². The van der Waals surface area contributed by atoms with E-state index in [-0.39, 0.29) is 11.7 Å². The first-order valence-electron chi connectivity index (χ1n) is 8.35. The molecule has 0 saturated carbocycles. The van der Waals surface area contributed by atoms with E-state index in [2.05, 4.69) is 15.5 Å². The van der Waals surface area contributed by atoms with E-state index >= 15 is 0 Å². The van der Waals surface area contributed by atoms with Crippen LogP contribution in [0.2, 0.25) is 0 Å². The second-order valence-electron chi connectivity index (χ2n) is 7.15. The Bertz CT molecular complexity index is 743. The Morgan fingerprint density at radius 1 is 1.31 bits per heavy atom. The number of nitrogens with zero attached hydrogens (tertiary/aromatic N) is 2. The summed E-state index contributed by atoms with van der Waals surface area (Å²) in [6.07, 6.45) is -0.546. The van der Waals surface area contributed by atoms with E-state index in [0.717, 1.165) is 0 Å². The fraction of sp³-hybridized carbons (Fsp3) is 0.500. The van der Waals surface area contributed by atoms with Crippen LogP contribution in [0.1, 0.15) is 52.1 Å². The number of nitrogens with one attached hydrogen (secondary N) is 1. The molecule has 6 nitrogen and oxygen atoms in total. The number of alkyl carbamates (subject to hydrolysis) is 1. The summed E-state index contributed by atoms with van der Waals surface area (Å²) in [5, 5.41) is 11.1. The van der Waals surface area contributed by atoms with Crippen LogP contribution in [-0.2, 0) is 10.5 Å². The molecule has 1 amide bonds. The molecule has 2 aromatic rings. The van der Waals surface area contributed by atoms with Crippen molar-refractivity contribution in [2.24, 2.45) is 5.92 Å². The molecule has 0 aliphatic rings. The summed E-state index contributed by atoms with van der Waals surface area (Å²) in [6, 6.07) is 6.07. The molecular formula is C18H24FN3O3S. The summed E-state index contributed by atoms with van der Waals surface area (Å²) >= 11 is 1.24. The van der Waals surface area contributed by atoms with E-state index in [4.69, 9.17) is 9.15 Å². The Kier molecular flexibility index (Phi) is 6.63. The van der Waals surface area contributed by atoms with Crippen molar-refractivity contribution in [3.05, 3.63) is 41.5 Å². The molecular weight excluding hydrogens is 357 g/mol. The highest BCUT2D eigenvalue weighted by atomic mass is 32.2. The Morgan fingerprint density at radius 3 is 2.62 bits per heavy atom. The van der Waals surface area contributed by atoms with Crippen LogP contribution in [0.25, 0.3) is 0 Å². The Hall–Kier alpha value is -2.09. The van der Waals surface area contributed by atoms with Gasteiger partial charge in [0.25, 0.3) is 5.22 Å². The Balaban J connectivity index is 2.02. The van der Waals surface area contributed by atoms with E-state index < -0.39 is 17.7 Å². The van der Waals surface area contributed by atoms with Crippen LogP contribution in [0.3, 0.4) is 0 Å². The van der Waals surface area contributed by atoms with Gasteiger partial charge in [-0.25, -0.2) is 9.18 Å². The fourth-order valence-corrected chi connectivity index (χ4v) is 2.86. The largest absolute Gasteiger partial charge is 0.444 e. The Morgan fingerprint density at radius 2 is 2.00 bits per heavy atom. The zero-order chi connectivity index (χ0) is 19.3.